The van der Waals surface area contributed by atoms with E-state index in [-0.39, 0.29) is 24.5 Å². The van der Waals surface area contributed by atoms with E-state index in [0.29, 0.717) is 12.1 Å². The average molecular weight is 376 g/mol. The molecule has 0 aliphatic rings. The predicted molar refractivity (Wildman–Crippen MR) is 92.5 cm³/mol. The molecule has 0 saturated heterocycles. The maximum absolute atomic E-state index is 12.0. The molecule has 0 fully saturated rings. The number of carbonyl (C=O) groups is 2. The van der Waals surface area contributed by atoms with Gasteiger partial charge in [-0.1, -0.05) is 46.3 Å². The quantitative estimate of drug-likeness (QED) is 0.749. The first-order valence-electron chi connectivity index (χ1n) is 7.27. The monoisotopic (exact) mass is 375 g/mol. The van der Waals surface area contributed by atoms with E-state index in [1.165, 1.54) is 0 Å². The van der Waals surface area contributed by atoms with Crippen molar-refractivity contribution in [2.45, 2.75) is 19.4 Å². The number of rotatable bonds is 7. The second-order valence-electron chi connectivity index (χ2n) is 5.02. The van der Waals surface area contributed by atoms with Gasteiger partial charge in [0.05, 0.1) is 7.11 Å². The van der Waals surface area contributed by atoms with Crippen molar-refractivity contribution in [3.63, 3.8) is 0 Å². The highest BCUT2D eigenvalue weighted by atomic mass is 79.9. The van der Waals surface area contributed by atoms with Gasteiger partial charge in [-0.3, -0.25) is 9.59 Å². The Morgan fingerprint density at radius 3 is 2.43 bits per heavy atom. The number of methoxy groups -OCH3 is 1. The summed E-state index contributed by atoms with van der Waals surface area (Å²) in [6.07, 6.45) is 0.365. The van der Waals surface area contributed by atoms with E-state index in [1.54, 1.807) is 19.2 Å². The third kappa shape index (κ3) is 5.21. The Morgan fingerprint density at radius 1 is 1.04 bits per heavy atom. The van der Waals surface area contributed by atoms with Crippen LogP contribution in [0.3, 0.4) is 0 Å². The zero-order chi connectivity index (χ0) is 16.7. The van der Waals surface area contributed by atoms with Crippen LogP contribution in [0.15, 0.2) is 53.0 Å². The lowest BCUT2D eigenvalue weighted by Gasteiger charge is -2.09. The summed E-state index contributed by atoms with van der Waals surface area (Å²) < 4.78 is 6.15. The van der Waals surface area contributed by atoms with Crippen LogP contribution in [-0.2, 0) is 11.3 Å². The molecule has 5 heteroatoms. The van der Waals surface area contributed by atoms with Crippen LogP contribution < -0.4 is 10.1 Å². The number of halogens is 1. The molecule has 1 amide bonds. The maximum Gasteiger partial charge on any atom is 0.220 e. The van der Waals surface area contributed by atoms with Crippen molar-refractivity contribution in [2.75, 3.05) is 7.11 Å². The lowest BCUT2D eigenvalue weighted by atomic mass is 10.1. The Labute approximate surface area is 144 Å². The number of para-hydroxylation sites is 1. The van der Waals surface area contributed by atoms with Crippen LogP contribution in [0.1, 0.15) is 28.8 Å². The van der Waals surface area contributed by atoms with Gasteiger partial charge in [0.2, 0.25) is 5.91 Å². The number of hydrogen-bond donors (Lipinski definition) is 1. The minimum absolute atomic E-state index is 0.0371. The summed E-state index contributed by atoms with van der Waals surface area (Å²) in [5.41, 5.74) is 1.52. The third-order valence-electron chi connectivity index (χ3n) is 3.41. The molecular weight excluding hydrogens is 358 g/mol. The van der Waals surface area contributed by atoms with Crippen molar-refractivity contribution in [2.24, 2.45) is 0 Å². The van der Waals surface area contributed by atoms with E-state index in [1.807, 2.05) is 36.4 Å². The topological polar surface area (TPSA) is 55.4 Å². The second-order valence-corrected chi connectivity index (χ2v) is 5.93. The van der Waals surface area contributed by atoms with Crippen LogP contribution >= 0.6 is 15.9 Å². The number of carbonyl (C=O) groups excluding carboxylic acids is 2. The smallest absolute Gasteiger partial charge is 0.220 e. The van der Waals surface area contributed by atoms with Gasteiger partial charge in [-0.15, -0.1) is 0 Å². The van der Waals surface area contributed by atoms with Crippen molar-refractivity contribution in [3.05, 3.63) is 64.1 Å². The van der Waals surface area contributed by atoms with Crippen LogP contribution in [-0.4, -0.2) is 18.8 Å². The molecule has 2 aromatic carbocycles. The molecule has 0 aliphatic heterocycles. The minimum atomic E-state index is -0.152. The number of amides is 1. The molecule has 0 atom stereocenters. The van der Waals surface area contributed by atoms with Crippen LogP contribution in [0, 0.1) is 0 Å². The second kappa shape index (κ2) is 8.48. The summed E-state index contributed by atoms with van der Waals surface area (Å²) in [4.78, 5) is 23.9. The number of Topliss-reactive ketones (excluding diaryl/α,β-unsaturated/α-hetero) is 1. The summed E-state index contributed by atoms with van der Waals surface area (Å²) in [6.45, 7) is 0.384. The normalized spacial score (nSPS) is 10.2. The molecule has 2 rings (SSSR count). The molecule has 0 saturated carbocycles. The fourth-order valence-electron chi connectivity index (χ4n) is 2.14. The average Bonchev–Trinajstić information content (AvgIpc) is 2.58. The molecule has 0 unspecified atom stereocenters. The number of ketones is 1. The third-order valence-corrected chi connectivity index (χ3v) is 3.94. The fraction of sp³-hybridized carbons (Fsp3) is 0.222. The first kappa shape index (κ1) is 17.2. The van der Waals surface area contributed by atoms with E-state index in [0.717, 1.165) is 15.8 Å². The largest absolute Gasteiger partial charge is 0.496 e. The molecule has 4 nitrogen and oxygen atoms in total. The van der Waals surface area contributed by atoms with Gasteiger partial charge < -0.3 is 10.1 Å². The van der Waals surface area contributed by atoms with E-state index in [9.17, 15) is 9.59 Å². The molecule has 0 aliphatic carbocycles. The number of nitrogens with one attached hydrogen (secondary N) is 1. The number of benzene rings is 2. The van der Waals surface area contributed by atoms with Crippen LogP contribution in [0.25, 0.3) is 0 Å². The highest BCUT2D eigenvalue weighted by molar-refractivity contribution is 9.10. The van der Waals surface area contributed by atoms with Gasteiger partial charge in [0.25, 0.3) is 0 Å². The summed E-state index contributed by atoms with van der Waals surface area (Å²) in [5, 5.41) is 2.81. The van der Waals surface area contributed by atoms with Crippen LogP contribution in [0.4, 0.5) is 0 Å². The highest BCUT2D eigenvalue weighted by Crippen LogP contribution is 2.17. The Bertz CT molecular complexity index is 683. The number of hydrogen-bond acceptors (Lipinski definition) is 3. The SMILES string of the molecule is COc1ccccc1CNC(=O)CCC(=O)c1ccc(Br)cc1. The molecule has 2 aromatic rings. The highest BCUT2D eigenvalue weighted by Gasteiger charge is 2.10. The Balaban J connectivity index is 1.81. The van der Waals surface area contributed by atoms with Gasteiger partial charge in [0, 0.05) is 35.0 Å². The van der Waals surface area contributed by atoms with Gasteiger partial charge in [0.1, 0.15) is 5.75 Å². The molecule has 23 heavy (non-hydrogen) atoms. The zero-order valence-electron chi connectivity index (χ0n) is 12.8. The molecule has 0 radical (unpaired) electrons. The van der Waals surface area contributed by atoms with Gasteiger partial charge >= 0.3 is 0 Å². The first-order chi connectivity index (χ1) is 11.1. The molecule has 120 valence electrons. The Kier molecular flexibility index (Phi) is 6.35. The summed E-state index contributed by atoms with van der Waals surface area (Å²) in [5.74, 6) is 0.546. The Morgan fingerprint density at radius 2 is 1.74 bits per heavy atom. The minimum Gasteiger partial charge on any atom is -0.496 e. The van der Waals surface area contributed by atoms with Crippen molar-refractivity contribution in [1.29, 1.82) is 0 Å². The fourth-order valence-corrected chi connectivity index (χ4v) is 2.40. The van der Waals surface area contributed by atoms with E-state index < -0.39 is 0 Å². The molecule has 1 N–H and O–H groups in total. The van der Waals surface area contributed by atoms with Gasteiger partial charge in [-0.05, 0) is 18.2 Å². The number of ether oxygens (including phenoxy) is 1. The molecular formula is C18H18BrNO3. The van der Waals surface area contributed by atoms with E-state index in [2.05, 4.69) is 21.2 Å². The summed E-state index contributed by atoms with van der Waals surface area (Å²) in [7, 11) is 1.59. The van der Waals surface area contributed by atoms with Crippen molar-refractivity contribution >= 4 is 27.6 Å². The van der Waals surface area contributed by atoms with Crippen molar-refractivity contribution in [3.8, 4) is 5.75 Å². The zero-order valence-corrected chi connectivity index (χ0v) is 14.4. The maximum atomic E-state index is 12.0. The molecule has 0 spiro atoms. The van der Waals surface area contributed by atoms with Gasteiger partial charge in [-0.2, -0.15) is 0 Å². The van der Waals surface area contributed by atoms with Crippen LogP contribution in [0.5, 0.6) is 5.75 Å². The first-order valence-corrected chi connectivity index (χ1v) is 8.07. The van der Waals surface area contributed by atoms with Crippen molar-refractivity contribution in [1.82, 2.24) is 5.32 Å². The summed E-state index contributed by atoms with van der Waals surface area (Å²) in [6, 6.07) is 14.6. The lowest BCUT2D eigenvalue weighted by molar-refractivity contribution is -0.121. The molecule has 0 aromatic heterocycles. The molecule has 0 heterocycles. The van der Waals surface area contributed by atoms with Crippen molar-refractivity contribution < 1.29 is 14.3 Å². The van der Waals surface area contributed by atoms with Gasteiger partial charge in [0.15, 0.2) is 5.78 Å². The lowest BCUT2D eigenvalue weighted by Crippen LogP contribution is -2.23. The van der Waals surface area contributed by atoms with E-state index in [4.69, 9.17) is 4.74 Å². The van der Waals surface area contributed by atoms with Gasteiger partial charge in [-0.25, -0.2) is 0 Å². The Hall–Kier alpha value is -2.14. The standard InChI is InChI=1S/C18H18BrNO3/c1-23-17-5-3-2-4-14(17)12-20-18(22)11-10-16(21)13-6-8-15(19)9-7-13/h2-9H,10-12H2,1H3,(H,20,22). The van der Waals surface area contributed by atoms with Crippen LogP contribution in [0.2, 0.25) is 0 Å². The predicted octanol–water partition coefficient (Wildman–Crippen LogP) is 3.74. The van der Waals surface area contributed by atoms with E-state index >= 15 is 0 Å². The molecule has 0 bridgehead atoms. The summed E-state index contributed by atoms with van der Waals surface area (Å²) >= 11 is 3.33.